The van der Waals surface area contributed by atoms with Crippen LogP contribution in [0.1, 0.15) is 49.3 Å². The summed E-state index contributed by atoms with van der Waals surface area (Å²) in [6, 6.07) is 17.5. The quantitative estimate of drug-likeness (QED) is 0.300. The van der Waals surface area contributed by atoms with Crippen molar-refractivity contribution in [2.24, 2.45) is 0 Å². The van der Waals surface area contributed by atoms with Gasteiger partial charge in [-0.15, -0.1) is 5.10 Å². The maximum Gasteiger partial charge on any atom is 0.247 e. The van der Waals surface area contributed by atoms with E-state index in [1.807, 2.05) is 24.3 Å². The largest absolute Gasteiger partial charge is 0.493 e. The van der Waals surface area contributed by atoms with Crippen LogP contribution in [0.2, 0.25) is 0 Å². The Morgan fingerprint density at radius 2 is 1.73 bits per heavy atom. The second-order valence-corrected chi connectivity index (χ2v) is 10.2. The Balaban J connectivity index is 1.56. The van der Waals surface area contributed by atoms with Gasteiger partial charge in [0.2, 0.25) is 11.8 Å². The van der Waals surface area contributed by atoms with Crippen molar-refractivity contribution in [1.29, 1.82) is 0 Å². The van der Waals surface area contributed by atoms with Gasteiger partial charge in [-0.05, 0) is 60.4 Å². The van der Waals surface area contributed by atoms with Gasteiger partial charge in [-0.25, -0.2) is 9.07 Å². The smallest absolute Gasteiger partial charge is 0.247 e. The van der Waals surface area contributed by atoms with Crippen LogP contribution in [-0.4, -0.2) is 52.0 Å². The van der Waals surface area contributed by atoms with Crippen LogP contribution in [0.5, 0.6) is 11.5 Å². The maximum atomic E-state index is 14.1. The number of benzene rings is 3. The molecule has 0 saturated heterocycles. The molecule has 41 heavy (non-hydrogen) atoms. The molecular weight excluding hydrogens is 525 g/mol. The Hall–Kier alpha value is -4.47. The molecule has 1 N–H and O–H groups in total. The van der Waals surface area contributed by atoms with Gasteiger partial charge in [0.25, 0.3) is 0 Å². The zero-order chi connectivity index (χ0) is 28.8. The zero-order valence-electron chi connectivity index (χ0n) is 23.3. The highest BCUT2D eigenvalue weighted by molar-refractivity contribution is 5.89. The predicted octanol–water partition coefficient (Wildman–Crippen LogP) is 4.81. The van der Waals surface area contributed by atoms with Crippen molar-refractivity contribution >= 4 is 22.8 Å². The van der Waals surface area contributed by atoms with Crippen molar-refractivity contribution in [2.75, 3.05) is 14.2 Å². The predicted molar refractivity (Wildman–Crippen MR) is 152 cm³/mol. The molecule has 1 unspecified atom stereocenters. The van der Waals surface area contributed by atoms with E-state index in [1.54, 1.807) is 30.3 Å². The lowest BCUT2D eigenvalue weighted by molar-refractivity contribution is -0.142. The van der Waals surface area contributed by atoms with Gasteiger partial charge in [-0.2, -0.15) is 0 Å². The van der Waals surface area contributed by atoms with Gasteiger partial charge in [0.1, 0.15) is 23.9 Å². The van der Waals surface area contributed by atoms with Crippen LogP contribution in [0.25, 0.3) is 11.0 Å². The minimum absolute atomic E-state index is 0.0286. The molecule has 0 radical (unpaired) electrons. The first kappa shape index (κ1) is 28.1. The van der Waals surface area contributed by atoms with Gasteiger partial charge in [-0.1, -0.05) is 54.8 Å². The summed E-state index contributed by atoms with van der Waals surface area (Å²) in [5, 5.41) is 11.6. The monoisotopic (exact) mass is 559 g/mol. The minimum atomic E-state index is -0.996. The number of hydrogen-bond acceptors (Lipinski definition) is 6. The molecule has 1 aromatic heterocycles. The van der Waals surface area contributed by atoms with Gasteiger partial charge in [0, 0.05) is 12.6 Å². The number of carbonyl (C=O) groups is 2. The molecular formula is C31H34FN5O4. The summed E-state index contributed by atoms with van der Waals surface area (Å²) in [5.74, 6) is -0.0658. The third-order valence-electron chi connectivity index (χ3n) is 7.53. The number of hydrogen-bond donors (Lipinski definition) is 1. The van der Waals surface area contributed by atoms with Crippen molar-refractivity contribution in [3.8, 4) is 11.5 Å². The number of amides is 2. The van der Waals surface area contributed by atoms with Crippen LogP contribution in [0.3, 0.4) is 0 Å². The molecule has 3 aromatic carbocycles. The maximum absolute atomic E-state index is 14.1. The van der Waals surface area contributed by atoms with Crippen LogP contribution in [0.4, 0.5) is 4.39 Å². The van der Waals surface area contributed by atoms with Crippen LogP contribution in [0, 0.1) is 5.82 Å². The normalized spacial score (nSPS) is 14.4. The molecule has 1 saturated carbocycles. The van der Waals surface area contributed by atoms with E-state index in [4.69, 9.17) is 9.47 Å². The third kappa shape index (κ3) is 6.48. The Morgan fingerprint density at radius 3 is 2.46 bits per heavy atom. The number of fused-ring (bicyclic) bond motifs is 1. The molecule has 2 amide bonds. The molecule has 4 aromatic rings. The van der Waals surface area contributed by atoms with Crippen molar-refractivity contribution in [1.82, 2.24) is 25.2 Å². The number of rotatable bonds is 10. The van der Waals surface area contributed by atoms with E-state index in [2.05, 4.69) is 15.6 Å². The first-order valence-corrected chi connectivity index (χ1v) is 13.8. The first-order chi connectivity index (χ1) is 20.0. The third-order valence-corrected chi connectivity index (χ3v) is 7.53. The number of carbonyl (C=O) groups excluding carboxylic acids is 2. The van der Waals surface area contributed by atoms with Crippen LogP contribution >= 0.6 is 0 Å². The Morgan fingerprint density at radius 1 is 1.00 bits per heavy atom. The molecule has 214 valence electrons. The number of halogens is 1. The highest BCUT2D eigenvalue weighted by Gasteiger charge is 2.34. The summed E-state index contributed by atoms with van der Waals surface area (Å²) < 4.78 is 26.2. The summed E-state index contributed by atoms with van der Waals surface area (Å²) in [6.45, 7) is -0.0644. The van der Waals surface area contributed by atoms with Crippen LogP contribution < -0.4 is 14.8 Å². The summed E-state index contributed by atoms with van der Waals surface area (Å²) in [7, 11) is 3.06. The SMILES string of the molecule is COc1ccc(C(C(=O)NC2CCCCC2)N(Cc2ccc(F)cc2)C(=O)Cn2nnc3ccccc32)cc1OC. The molecule has 1 aliphatic carbocycles. The summed E-state index contributed by atoms with van der Waals surface area (Å²) >= 11 is 0. The average molecular weight is 560 g/mol. The summed E-state index contributed by atoms with van der Waals surface area (Å²) in [4.78, 5) is 29.8. The van der Waals surface area contributed by atoms with Crippen molar-refractivity contribution in [3.63, 3.8) is 0 Å². The van der Waals surface area contributed by atoms with E-state index < -0.39 is 6.04 Å². The van der Waals surface area contributed by atoms with Gasteiger partial charge >= 0.3 is 0 Å². The fourth-order valence-corrected chi connectivity index (χ4v) is 5.39. The second-order valence-electron chi connectivity index (χ2n) is 10.2. The zero-order valence-corrected chi connectivity index (χ0v) is 23.3. The number of nitrogens with one attached hydrogen (secondary N) is 1. The van der Waals surface area contributed by atoms with Gasteiger partial charge in [0.15, 0.2) is 11.5 Å². The minimum Gasteiger partial charge on any atom is -0.493 e. The number of ether oxygens (including phenoxy) is 2. The number of methoxy groups -OCH3 is 2. The topological polar surface area (TPSA) is 98.6 Å². The van der Waals surface area contributed by atoms with E-state index >= 15 is 0 Å². The van der Waals surface area contributed by atoms with Gasteiger partial charge in [-0.3, -0.25) is 9.59 Å². The van der Waals surface area contributed by atoms with Crippen LogP contribution in [0.15, 0.2) is 66.7 Å². The van der Waals surface area contributed by atoms with Crippen molar-refractivity contribution < 1.29 is 23.5 Å². The summed E-state index contributed by atoms with van der Waals surface area (Å²) in [6.07, 6.45) is 5.02. The second kappa shape index (κ2) is 12.8. The molecule has 1 heterocycles. The van der Waals surface area contributed by atoms with E-state index in [1.165, 1.54) is 35.9 Å². The fourth-order valence-electron chi connectivity index (χ4n) is 5.39. The number of aromatic nitrogens is 3. The summed E-state index contributed by atoms with van der Waals surface area (Å²) in [5.41, 5.74) is 2.61. The number of para-hydroxylation sites is 1. The number of nitrogens with zero attached hydrogens (tertiary/aromatic N) is 4. The first-order valence-electron chi connectivity index (χ1n) is 13.8. The highest BCUT2D eigenvalue weighted by atomic mass is 19.1. The van der Waals surface area contributed by atoms with Crippen LogP contribution in [-0.2, 0) is 22.7 Å². The lowest BCUT2D eigenvalue weighted by Crippen LogP contribution is -2.47. The lowest BCUT2D eigenvalue weighted by Gasteiger charge is -2.34. The molecule has 1 fully saturated rings. The highest BCUT2D eigenvalue weighted by Crippen LogP contribution is 2.33. The van der Waals surface area contributed by atoms with Gasteiger partial charge < -0.3 is 19.7 Å². The van der Waals surface area contributed by atoms with Crippen molar-refractivity contribution in [2.45, 2.75) is 57.3 Å². The fraction of sp³-hybridized carbons (Fsp3) is 0.355. The van der Waals surface area contributed by atoms with Crippen molar-refractivity contribution in [3.05, 3.63) is 83.7 Å². The Bertz CT molecular complexity index is 1500. The van der Waals surface area contributed by atoms with E-state index in [0.717, 1.165) is 32.1 Å². The molecule has 0 spiro atoms. The average Bonchev–Trinajstić information content (AvgIpc) is 3.40. The molecule has 1 atom stereocenters. The molecule has 0 bridgehead atoms. The van der Waals surface area contributed by atoms with E-state index in [0.29, 0.717) is 33.7 Å². The molecule has 5 rings (SSSR count). The molecule has 0 aliphatic heterocycles. The molecule has 9 nitrogen and oxygen atoms in total. The standard InChI is InChI=1S/C31H34FN5O4/c1-40-27-17-14-22(18-28(27)41-2)30(31(39)33-24-8-4-3-5-9-24)36(19-21-12-15-23(32)16-13-21)29(38)20-37-26-11-7-6-10-25(26)34-35-37/h6-7,10-18,24,30H,3-5,8-9,19-20H2,1-2H3,(H,33,39). The van der Waals surface area contributed by atoms with Gasteiger partial charge in [0.05, 0.1) is 19.7 Å². The lowest BCUT2D eigenvalue weighted by atomic mass is 9.94. The molecule has 10 heteroatoms. The Labute approximate surface area is 238 Å². The Kier molecular flexibility index (Phi) is 8.76. The van der Waals surface area contributed by atoms with E-state index in [-0.39, 0.29) is 36.8 Å². The van der Waals surface area contributed by atoms with E-state index in [9.17, 15) is 14.0 Å². The molecule has 1 aliphatic rings.